The quantitative estimate of drug-likeness (QED) is 0.911. The summed E-state index contributed by atoms with van der Waals surface area (Å²) in [5, 5.41) is 0.646. The average Bonchev–Trinajstić information content (AvgIpc) is 2.45. The number of rotatable bonds is 5. The second-order valence-electron chi connectivity index (χ2n) is 4.15. The molecule has 1 unspecified atom stereocenters. The van der Waals surface area contributed by atoms with Crippen molar-refractivity contribution >= 4 is 11.6 Å². The summed E-state index contributed by atoms with van der Waals surface area (Å²) in [5.74, 6) is 1.50. The summed E-state index contributed by atoms with van der Waals surface area (Å²) in [6.45, 7) is 0.382. The molecule has 0 spiro atoms. The molecule has 19 heavy (non-hydrogen) atoms. The zero-order valence-corrected chi connectivity index (χ0v) is 11.4. The molecule has 0 aliphatic rings. The summed E-state index contributed by atoms with van der Waals surface area (Å²) in [5.41, 5.74) is 7.06. The topological polar surface area (TPSA) is 44.5 Å². The van der Waals surface area contributed by atoms with Gasteiger partial charge >= 0.3 is 0 Å². The Morgan fingerprint density at radius 3 is 2.58 bits per heavy atom. The molecule has 1 atom stereocenters. The van der Waals surface area contributed by atoms with Gasteiger partial charge in [-0.15, -0.1) is 0 Å². The molecule has 0 bridgehead atoms. The average molecular weight is 278 g/mol. The fourth-order valence-corrected chi connectivity index (χ4v) is 1.89. The molecule has 2 aromatic rings. The first-order valence-corrected chi connectivity index (χ1v) is 6.35. The van der Waals surface area contributed by atoms with Gasteiger partial charge in [-0.25, -0.2) is 0 Å². The molecule has 2 rings (SSSR count). The maximum Gasteiger partial charge on any atom is 0.120 e. The van der Waals surface area contributed by atoms with Gasteiger partial charge in [0.1, 0.15) is 18.1 Å². The highest BCUT2D eigenvalue weighted by Crippen LogP contribution is 2.21. The molecule has 0 amide bonds. The molecule has 0 fully saturated rings. The fourth-order valence-electron chi connectivity index (χ4n) is 1.71. The van der Waals surface area contributed by atoms with Crippen molar-refractivity contribution in [1.82, 2.24) is 0 Å². The molecule has 2 aromatic carbocycles. The predicted octanol–water partition coefficient (Wildman–Crippen LogP) is 3.43. The van der Waals surface area contributed by atoms with E-state index in [9.17, 15) is 0 Å². The zero-order chi connectivity index (χ0) is 13.7. The van der Waals surface area contributed by atoms with Gasteiger partial charge in [0.25, 0.3) is 0 Å². The summed E-state index contributed by atoms with van der Waals surface area (Å²) in [6.07, 6.45) is 0. The number of hydrogen-bond acceptors (Lipinski definition) is 3. The number of halogens is 1. The smallest absolute Gasteiger partial charge is 0.120 e. The van der Waals surface area contributed by atoms with Crippen LogP contribution in [0.5, 0.6) is 11.5 Å². The highest BCUT2D eigenvalue weighted by atomic mass is 35.5. The summed E-state index contributed by atoms with van der Waals surface area (Å²) in [7, 11) is 1.63. The van der Waals surface area contributed by atoms with E-state index < -0.39 is 0 Å². The minimum atomic E-state index is -0.214. The first-order valence-electron chi connectivity index (χ1n) is 5.97. The molecule has 100 valence electrons. The highest BCUT2D eigenvalue weighted by molar-refractivity contribution is 6.30. The third-order valence-electron chi connectivity index (χ3n) is 2.75. The van der Waals surface area contributed by atoms with E-state index in [1.54, 1.807) is 19.2 Å². The molecular weight excluding hydrogens is 262 g/mol. The van der Waals surface area contributed by atoms with Gasteiger partial charge in [0, 0.05) is 5.02 Å². The van der Waals surface area contributed by atoms with E-state index in [4.69, 9.17) is 26.8 Å². The van der Waals surface area contributed by atoms with Gasteiger partial charge in [-0.2, -0.15) is 0 Å². The lowest BCUT2D eigenvalue weighted by atomic mass is 10.1. The Hall–Kier alpha value is -1.71. The normalized spacial score (nSPS) is 11.9. The molecular formula is C15H16ClNO2. The Morgan fingerprint density at radius 2 is 1.84 bits per heavy atom. The second kappa shape index (κ2) is 6.45. The summed E-state index contributed by atoms with van der Waals surface area (Å²) in [6, 6.07) is 14.7. The van der Waals surface area contributed by atoms with Crippen molar-refractivity contribution in [2.75, 3.05) is 13.7 Å². The van der Waals surface area contributed by atoms with Crippen LogP contribution >= 0.6 is 11.6 Å². The first-order chi connectivity index (χ1) is 9.19. The number of hydrogen-bond donors (Lipinski definition) is 1. The standard InChI is InChI=1S/C15H16ClNO2/c1-18-13-6-2-4-11(8-13)15(17)10-19-14-7-3-5-12(16)9-14/h2-9,15H,10,17H2,1H3. The Balaban J connectivity index is 1.99. The van der Waals surface area contributed by atoms with Crippen LogP contribution in [0.3, 0.4) is 0 Å². The van der Waals surface area contributed by atoms with Crippen LogP contribution in [0.4, 0.5) is 0 Å². The van der Waals surface area contributed by atoms with Crippen LogP contribution in [0.1, 0.15) is 11.6 Å². The number of methoxy groups -OCH3 is 1. The fraction of sp³-hybridized carbons (Fsp3) is 0.200. The van der Waals surface area contributed by atoms with Crippen LogP contribution in [0, 0.1) is 0 Å². The first kappa shape index (κ1) is 13.7. The number of ether oxygens (including phenoxy) is 2. The minimum absolute atomic E-state index is 0.214. The van der Waals surface area contributed by atoms with Crippen molar-refractivity contribution in [3.63, 3.8) is 0 Å². The second-order valence-corrected chi connectivity index (χ2v) is 4.59. The molecule has 0 aromatic heterocycles. The number of nitrogens with two attached hydrogens (primary N) is 1. The van der Waals surface area contributed by atoms with Crippen LogP contribution < -0.4 is 15.2 Å². The third kappa shape index (κ3) is 3.88. The molecule has 0 aliphatic heterocycles. The predicted molar refractivity (Wildman–Crippen MR) is 76.9 cm³/mol. The van der Waals surface area contributed by atoms with Crippen LogP contribution in [-0.2, 0) is 0 Å². The van der Waals surface area contributed by atoms with E-state index in [1.165, 1.54) is 0 Å². The SMILES string of the molecule is COc1cccc(C(N)COc2cccc(Cl)c2)c1. The maximum atomic E-state index is 6.09. The van der Waals surface area contributed by atoms with Crippen LogP contribution in [0.15, 0.2) is 48.5 Å². The van der Waals surface area contributed by atoms with Crippen molar-refractivity contribution in [1.29, 1.82) is 0 Å². The van der Waals surface area contributed by atoms with E-state index in [2.05, 4.69) is 0 Å². The number of benzene rings is 2. The van der Waals surface area contributed by atoms with Crippen molar-refractivity contribution in [3.05, 3.63) is 59.1 Å². The lowest BCUT2D eigenvalue weighted by Crippen LogP contribution is -2.19. The van der Waals surface area contributed by atoms with Gasteiger partial charge in [-0.05, 0) is 35.9 Å². The molecule has 0 heterocycles. The van der Waals surface area contributed by atoms with Crippen LogP contribution in [-0.4, -0.2) is 13.7 Å². The zero-order valence-electron chi connectivity index (χ0n) is 10.7. The summed E-state index contributed by atoms with van der Waals surface area (Å²) >= 11 is 5.89. The van der Waals surface area contributed by atoms with E-state index in [0.29, 0.717) is 17.4 Å². The lowest BCUT2D eigenvalue weighted by Gasteiger charge is -2.14. The van der Waals surface area contributed by atoms with Gasteiger partial charge in [-0.1, -0.05) is 29.8 Å². The van der Waals surface area contributed by atoms with Crippen molar-refractivity contribution in [2.45, 2.75) is 6.04 Å². The van der Waals surface area contributed by atoms with Gasteiger partial charge in [0.15, 0.2) is 0 Å². The van der Waals surface area contributed by atoms with Gasteiger partial charge in [-0.3, -0.25) is 0 Å². The van der Waals surface area contributed by atoms with E-state index >= 15 is 0 Å². The Kier molecular flexibility index (Phi) is 4.66. The monoisotopic (exact) mass is 277 g/mol. The molecule has 2 N–H and O–H groups in total. The van der Waals surface area contributed by atoms with Crippen molar-refractivity contribution in [2.24, 2.45) is 5.73 Å². The largest absolute Gasteiger partial charge is 0.497 e. The Morgan fingerprint density at radius 1 is 1.11 bits per heavy atom. The van der Waals surface area contributed by atoms with E-state index in [-0.39, 0.29) is 6.04 Å². The molecule has 0 saturated carbocycles. The summed E-state index contributed by atoms with van der Waals surface area (Å²) < 4.78 is 10.8. The third-order valence-corrected chi connectivity index (χ3v) is 2.98. The maximum absolute atomic E-state index is 6.09. The van der Waals surface area contributed by atoms with Crippen LogP contribution in [0.2, 0.25) is 5.02 Å². The van der Waals surface area contributed by atoms with Gasteiger partial charge < -0.3 is 15.2 Å². The molecule has 0 saturated heterocycles. The highest BCUT2D eigenvalue weighted by Gasteiger charge is 2.08. The molecule has 0 aliphatic carbocycles. The van der Waals surface area contributed by atoms with Gasteiger partial charge in [0.2, 0.25) is 0 Å². The Bertz CT molecular complexity index is 545. The van der Waals surface area contributed by atoms with Crippen LogP contribution in [0.25, 0.3) is 0 Å². The Labute approximate surface area is 117 Å². The molecule has 4 heteroatoms. The summed E-state index contributed by atoms with van der Waals surface area (Å²) in [4.78, 5) is 0. The van der Waals surface area contributed by atoms with Crippen molar-refractivity contribution in [3.8, 4) is 11.5 Å². The van der Waals surface area contributed by atoms with Crippen molar-refractivity contribution < 1.29 is 9.47 Å². The van der Waals surface area contributed by atoms with E-state index in [0.717, 1.165) is 11.3 Å². The lowest BCUT2D eigenvalue weighted by molar-refractivity contribution is 0.290. The molecule has 0 radical (unpaired) electrons. The molecule has 3 nitrogen and oxygen atoms in total. The van der Waals surface area contributed by atoms with Gasteiger partial charge in [0.05, 0.1) is 13.2 Å². The minimum Gasteiger partial charge on any atom is -0.497 e. The van der Waals surface area contributed by atoms with E-state index in [1.807, 2.05) is 36.4 Å².